The molecule has 126 valence electrons. The van der Waals surface area contributed by atoms with Gasteiger partial charge in [-0.15, -0.1) is 0 Å². The van der Waals surface area contributed by atoms with Crippen LogP contribution in [-0.2, 0) is 4.79 Å². The normalized spacial score (nSPS) is 10.4. The summed E-state index contributed by atoms with van der Waals surface area (Å²) in [5.41, 5.74) is 0.553. The molecule has 5 nitrogen and oxygen atoms in total. The van der Waals surface area contributed by atoms with Gasteiger partial charge in [0.25, 0.3) is 0 Å². The van der Waals surface area contributed by atoms with E-state index in [2.05, 4.69) is 0 Å². The summed E-state index contributed by atoms with van der Waals surface area (Å²) in [4.78, 5) is 22.9. The summed E-state index contributed by atoms with van der Waals surface area (Å²) in [6.45, 7) is 2.03. The third-order valence-corrected chi connectivity index (χ3v) is 3.86. The average Bonchev–Trinajstić information content (AvgIpc) is 2.57. The molecule has 0 unspecified atom stereocenters. The Morgan fingerprint density at radius 3 is 2.50 bits per heavy atom. The number of hydrogen-bond acceptors (Lipinski definition) is 4. The first-order valence-electron chi connectivity index (χ1n) is 7.77. The summed E-state index contributed by atoms with van der Waals surface area (Å²) >= 11 is 6.17. The quantitative estimate of drug-likeness (QED) is 0.221. The minimum Gasteiger partial charge on any atom is -0.419 e. The summed E-state index contributed by atoms with van der Waals surface area (Å²) in [6.07, 6.45) is 2.82. The summed E-state index contributed by atoms with van der Waals surface area (Å²) in [5, 5.41) is 11.8. The first kappa shape index (κ1) is 17.9. The summed E-state index contributed by atoms with van der Waals surface area (Å²) < 4.78 is 5.23. The molecule has 0 N–H and O–H groups in total. The van der Waals surface area contributed by atoms with Gasteiger partial charge in [0.05, 0.1) is 15.5 Å². The van der Waals surface area contributed by atoms with Crippen molar-refractivity contribution >= 4 is 23.3 Å². The zero-order valence-electron chi connectivity index (χ0n) is 13.3. The zero-order chi connectivity index (χ0) is 17.5. The lowest BCUT2D eigenvalue weighted by Crippen LogP contribution is -2.09. The van der Waals surface area contributed by atoms with E-state index in [4.69, 9.17) is 16.3 Å². The molecular weight excluding hydrogens is 330 g/mol. The molecule has 2 rings (SSSR count). The molecule has 0 amide bonds. The molecule has 0 bridgehead atoms. The van der Waals surface area contributed by atoms with Gasteiger partial charge in [0.2, 0.25) is 5.75 Å². The molecule has 0 atom stereocenters. The number of carbonyl (C=O) groups excluding carboxylic acids is 1. The number of unbranched alkanes of at least 4 members (excludes halogenated alkanes) is 2. The monoisotopic (exact) mass is 347 g/mol. The minimum absolute atomic E-state index is 0.0789. The van der Waals surface area contributed by atoms with E-state index in [0.717, 1.165) is 12.8 Å². The van der Waals surface area contributed by atoms with E-state index in [1.807, 2.05) is 6.92 Å². The highest BCUT2D eigenvalue weighted by Gasteiger charge is 2.26. The van der Waals surface area contributed by atoms with Crippen molar-refractivity contribution in [1.82, 2.24) is 0 Å². The largest absolute Gasteiger partial charge is 0.419 e. The van der Waals surface area contributed by atoms with Crippen molar-refractivity contribution in [2.45, 2.75) is 32.6 Å². The van der Waals surface area contributed by atoms with Gasteiger partial charge in [-0.1, -0.05) is 61.7 Å². The fourth-order valence-corrected chi connectivity index (χ4v) is 2.65. The average molecular weight is 348 g/mol. The van der Waals surface area contributed by atoms with Crippen molar-refractivity contribution in [3.63, 3.8) is 0 Å². The van der Waals surface area contributed by atoms with Crippen LogP contribution in [0.3, 0.4) is 0 Å². The molecular formula is C18H18ClNO4. The van der Waals surface area contributed by atoms with Crippen LogP contribution in [0.5, 0.6) is 5.75 Å². The van der Waals surface area contributed by atoms with E-state index in [0.29, 0.717) is 12.0 Å². The van der Waals surface area contributed by atoms with Gasteiger partial charge < -0.3 is 4.74 Å². The number of carbonyl (C=O) groups is 1. The van der Waals surface area contributed by atoms with Crippen LogP contribution in [0.1, 0.15) is 32.6 Å². The molecule has 0 radical (unpaired) electrons. The van der Waals surface area contributed by atoms with Crippen molar-refractivity contribution in [3.8, 4) is 16.9 Å². The van der Waals surface area contributed by atoms with Crippen molar-refractivity contribution in [3.05, 3.63) is 57.6 Å². The molecule has 24 heavy (non-hydrogen) atoms. The minimum atomic E-state index is -0.567. The molecule has 0 heterocycles. The first-order chi connectivity index (χ1) is 11.5. The van der Waals surface area contributed by atoms with Gasteiger partial charge in [-0.25, -0.2) is 0 Å². The van der Waals surface area contributed by atoms with Crippen LogP contribution in [-0.4, -0.2) is 10.9 Å². The second-order valence-corrected chi connectivity index (χ2v) is 5.73. The Bertz CT molecular complexity index is 731. The maximum absolute atomic E-state index is 11.9. The highest BCUT2D eigenvalue weighted by Crippen LogP contribution is 2.42. The molecule has 0 saturated carbocycles. The van der Waals surface area contributed by atoms with Crippen LogP contribution in [0.4, 0.5) is 5.69 Å². The maximum Gasteiger partial charge on any atom is 0.320 e. The fourth-order valence-electron chi connectivity index (χ4n) is 2.38. The van der Waals surface area contributed by atoms with Crippen LogP contribution in [0.15, 0.2) is 42.5 Å². The van der Waals surface area contributed by atoms with Gasteiger partial charge >= 0.3 is 11.7 Å². The van der Waals surface area contributed by atoms with E-state index < -0.39 is 10.9 Å². The molecule has 0 saturated heterocycles. The lowest BCUT2D eigenvalue weighted by Gasteiger charge is -2.10. The van der Waals surface area contributed by atoms with E-state index in [-0.39, 0.29) is 28.4 Å². The fraction of sp³-hybridized carbons (Fsp3) is 0.278. The van der Waals surface area contributed by atoms with Crippen LogP contribution in [0.2, 0.25) is 5.02 Å². The molecule has 2 aromatic carbocycles. The number of hydrogen-bond donors (Lipinski definition) is 0. The molecule has 0 aliphatic carbocycles. The summed E-state index contributed by atoms with van der Waals surface area (Å²) in [7, 11) is 0. The number of esters is 1. The number of nitro benzene ring substituents is 1. The highest BCUT2D eigenvalue weighted by molar-refractivity contribution is 6.34. The van der Waals surface area contributed by atoms with Gasteiger partial charge in [0.15, 0.2) is 0 Å². The lowest BCUT2D eigenvalue weighted by molar-refractivity contribution is -0.385. The van der Waals surface area contributed by atoms with Gasteiger partial charge in [0.1, 0.15) is 0 Å². The SMILES string of the molecule is CCCCCC(=O)Oc1ccc(Cl)c(-c2ccccc2)c1[N+](=O)[O-]. The highest BCUT2D eigenvalue weighted by atomic mass is 35.5. The van der Waals surface area contributed by atoms with E-state index in [9.17, 15) is 14.9 Å². The Morgan fingerprint density at radius 1 is 1.17 bits per heavy atom. The second kappa shape index (κ2) is 8.45. The third-order valence-electron chi connectivity index (χ3n) is 3.54. The Balaban J connectivity index is 2.39. The first-order valence-corrected chi connectivity index (χ1v) is 8.15. The zero-order valence-corrected chi connectivity index (χ0v) is 14.1. The predicted molar refractivity (Wildman–Crippen MR) is 93.3 cm³/mol. The summed E-state index contributed by atoms with van der Waals surface area (Å²) in [6, 6.07) is 11.6. The molecule has 0 spiro atoms. The predicted octanol–water partition coefficient (Wildman–Crippen LogP) is 5.40. The summed E-state index contributed by atoms with van der Waals surface area (Å²) in [5.74, 6) is -0.558. The van der Waals surface area contributed by atoms with E-state index in [1.54, 1.807) is 30.3 Å². The topological polar surface area (TPSA) is 69.4 Å². The van der Waals surface area contributed by atoms with Crippen molar-refractivity contribution in [2.75, 3.05) is 0 Å². The molecule has 0 aliphatic rings. The van der Waals surface area contributed by atoms with Crippen molar-refractivity contribution in [1.29, 1.82) is 0 Å². The maximum atomic E-state index is 11.9. The van der Waals surface area contributed by atoms with Gasteiger partial charge in [0, 0.05) is 6.42 Å². The number of rotatable bonds is 7. The van der Waals surface area contributed by atoms with Crippen LogP contribution >= 0.6 is 11.6 Å². The number of halogens is 1. The molecule has 0 fully saturated rings. The third kappa shape index (κ3) is 4.32. The Labute approximate surface area is 145 Å². The van der Waals surface area contributed by atoms with Crippen molar-refractivity contribution < 1.29 is 14.5 Å². The van der Waals surface area contributed by atoms with E-state index >= 15 is 0 Å². The lowest BCUT2D eigenvalue weighted by atomic mass is 10.0. The molecule has 0 aromatic heterocycles. The Hall–Kier alpha value is -2.40. The standard InChI is InChI=1S/C18H18ClNO4/c1-2-3-5-10-16(21)24-15-12-11-14(19)17(18(15)20(22)23)13-8-6-4-7-9-13/h4,6-9,11-12H,2-3,5,10H2,1H3. The van der Waals surface area contributed by atoms with Gasteiger partial charge in [-0.2, -0.15) is 0 Å². The number of benzene rings is 2. The number of nitro groups is 1. The van der Waals surface area contributed by atoms with Crippen LogP contribution < -0.4 is 4.74 Å². The van der Waals surface area contributed by atoms with Crippen LogP contribution in [0.25, 0.3) is 11.1 Å². The Morgan fingerprint density at radius 2 is 1.88 bits per heavy atom. The van der Waals surface area contributed by atoms with Gasteiger partial charge in [-0.3, -0.25) is 14.9 Å². The Kier molecular flexibility index (Phi) is 6.32. The van der Waals surface area contributed by atoms with E-state index in [1.165, 1.54) is 12.1 Å². The molecule has 2 aromatic rings. The molecule has 0 aliphatic heterocycles. The molecule has 6 heteroatoms. The smallest absolute Gasteiger partial charge is 0.320 e. The second-order valence-electron chi connectivity index (χ2n) is 5.32. The number of nitrogens with zero attached hydrogens (tertiary/aromatic N) is 1. The van der Waals surface area contributed by atoms with Gasteiger partial charge in [-0.05, 0) is 24.1 Å². The van der Waals surface area contributed by atoms with Crippen LogP contribution in [0, 0.1) is 10.1 Å². The van der Waals surface area contributed by atoms with Crippen molar-refractivity contribution in [2.24, 2.45) is 0 Å². The number of ether oxygens (including phenoxy) is 1.